The maximum Gasteiger partial charge on any atom is 0.320 e. The summed E-state index contributed by atoms with van der Waals surface area (Å²) in [6.07, 6.45) is -1.77. The molecule has 2 aliphatic heterocycles. The summed E-state index contributed by atoms with van der Waals surface area (Å²) in [6.45, 7) is 1.36. The Balaban J connectivity index is 2.00. The van der Waals surface area contributed by atoms with Crippen LogP contribution in [0, 0.1) is 0 Å². The SMILES string of the molecule is CC(=O)C1CN([C@H]2C[C@H](O)[C@@H](CO)O2)C(=O)N1. The highest BCUT2D eigenvalue weighted by atomic mass is 16.5. The van der Waals surface area contributed by atoms with Gasteiger partial charge in [-0.1, -0.05) is 0 Å². The lowest BCUT2D eigenvalue weighted by molar-refractivity contribution is -0.118. The molecule has 7 heteroatoms. The number of nitrogens with one attached hydrogen (secondary N) is 1. The van der Waals surface area contributed by atoms with Crippen LogP contribution in [-0.4, -0.2) is 64.6 Å². The highest BCUT2D eigenvalue weighted by molar-refractivity contribution is 5.90. The summed E-state index contributed by atoms with van der Waals surface area (Å²) >= 11 is 0. The van der Waals surface area contributed by atoms with Crippen molar-refractivity contribution >= 4 is 11.8 Å². The van der Waals surface area contributed by atoms with Gasteiger partial charge >= 0.3 is 6.03 Å². The highest BCUT2D eigenvalue weighted by Crippen LogP contribution is 2.25. The third-order valence-electron chi connectivity index (χ3n) is 3.16. The van der Waals surface area contributed by atoms with E-state index in [0.717, 1.165) is 0 Å². The summed E-state index contributed by atoms with van der Waals surface area (Å²) in [5, 5.41) is 21.1. The van der Waals surface area contributed by atoms with Crippen LogP contribution in [-0.2, 0) is 9.53 Å². The monoisotopic (exact) mass is 244 g/mol. The van der Waals surface area contributed by atoms with Crippen molar-refractivity contribution in [3.05, 3.63) is 0 Å². The minimum atomic E-state index is -0.783. The van der Waals surface area contributed by atoms with E-state index in [1.165, 1.54) is 11.8 Å². The van der Waals surface area contributed by atoms with Crippen LogP contribution in [0.3, 0.4) is 0 Å². The minimum Gasteiger partial charge on any atom is -0.394 e. The number of rotatable bonds is 3. The molecule has 4 atom stereocenters. The van der Waals surface area contributed by atoms with Gasteiger partial charge in [0.25, 0.3) is 0 Å². The zero-order chi connectivity index (χ0) is 12.6. The minimum absolute atomic E-state index is 0.113. The van der Waals surface area contributed by atoms with Crippen LogP contribution in [0.5, 0.6) is 0 Å². The number of carbonyl (C=O) groups is 2. The fourth-order valence-corrected chi connectivity index (χ4v) is 2.11. The summed E-state index contributed by atoms with van der Waals surface area (Å²) < 4.78 is 5.36. The van der Waals surface area contributed by atoms with Gasteiger partial charge in [0.1, 0.15) is 18.4 Å². The molecule has 0 saturated carbocycles. The van der Waals surface area contributed by atoms with Crippen molar-refractivity contribution in [1.82, 2.24) is 10.2 Å². The molecule has 2 heterocycles. The Kier molecular flexibility index (Phi) is 3.32. The lowest BCUT2D eigenvalue weighted by Gasteiger charge is -2.22. The molecule has 2 aliphatic rings. The topological polar surface area (TPSA) is 99.1 Å². The fourth-order valence-electron chi connectivity index (χ4n) is 2.11. The zero-order valence-electron chi connectivity index (χ0n) is 9.50. The molecule has 96 valence electrons. The lowest BCUT2D eigenvalue weighted by atomic mass is 10.2. The van der Waals surface area contributed by atoms with Gasteiger partial charge in [-0.2, -0.15) is 0 Å². The Hall–Kier alpha value is -1.18. The van der Waals surface area contributed by atoms with Crippen LogP contribution in [0.2, 0.25) is 0 Å². The second kappa shape index (κ2) is 4.59. The fraction of sp³-hybridized carbons (Fsp3) is 0.800. The van der Waals surface area contributed by atoms with E-state index in [0.29, 0.717) is 0 Å². The van der Waals surface area contributed by atoms with E-state index in [-0.39, 0.29) is 31.4 Å². The molecule has 2 rings (SSSR count). The average Bonchev–Trinajstić information content (AvgIpc) is 2.81. The highest BCUT2D eigenvalue weighted by Gasteiger charge is 2.43. The molecular formula is C10H16N2O5. The van der Waals surface area contributed by atoms with Gasteiger partial charge in [0.2, 0.25) is 0 Å². The smallest absolute Gasteiger partial charge is 0.320 e. The number of hydrogen-bond donors (Lipinski definition) is 3. The Morgan fingerprint density at radius 3 is 2.82 bits per heavy atom. The van der Waals surface area contributed by atoms with Crippen LogP contribution >= 0.6 is 0 Å². The molecule has 0 aromatic carbocycles. The van der Waals surface area contributed by atoms with Gasteiger partial charge in [0.15, 0.2) is 5.78 Å². The van der Waals surface area contributed by atoms with E-state index in [1.54, 1.807) is 0 Å². The first-order valence-corrected chi connectivity index (χ1v) is 5.55. The number of hydrogen-bond acceptors (Lipinski definition) is 5. The third kappa shape index (κ3) is 2.26. The average molecular weight is 244 g/mol. The van der Waals surface area contributed by atoms with Crippen molar-refractivity contribution < 1.29 is 24.5 Å². The molecule has 0 radical (unpaired) electrons. The standard InChI is InChI=1S/C10H16N2O5/c1-5(14)6-3-12(10(16)11-6)9-2-7(15)8(4-13)17-9/h6-9,13,15H,2-4H2,1H3,(H,11,16)/t6?,7-,8+,9+/m0/s1. The maximum atomic E-state index is 11.6. The molecule has 2 saturated heterocycles. The number of ketones is 1. The van der Waals surface area contributed by atoms with Crippen LogP contribution in [0.25, 0.3) is 0 Å². The first-order valence-electron chi connectivity index (χ1n) is 5.55. The van der Waals surface area contributed by atoms with Crippen LogP contribution in [0.15, 0.2) is 0 Å². The number of amides is 2. The summed E-state index contributed by atoms with van der Waals surface area (Å²) in [5.41, 5.74) is 0. The van der Waals surface area contributed by atoms with E-state index in [4.69, 9.17) is 9.84 Å². The molecule has 0 aromatic rings. The Bertz CT molecular complexity index is 335. The van der Waals surface area contributed by atoms with E-state index in [9.17, 15) is 14.7 Å². The molecule has 2 fully saturated rings. The zero-order valence-corrected chi connectivity index (χ0v) is 9.50. The number of Topliss-reactive ketones (excluding diaryl/α,β-unsaturated/α-hetero) is 1. The summed E-state index contributed by atoms with van der Waals surface area (Å²) in [4.78, 5) is 24.2. The largest absolute Gasteiger partial charge is 0.394 e. The molecular weight excluding hydrogens is 228 g/mol. The molecule has 3 N–H and O–H groups in total. The van der Waals surface area contributed by atoms with Crippen molar-refractivity contribution in [2.75, 3.05) is 13.2 Å². The van der Waals surface area contributed by atoms with Crippen LogP contribution in [0.1, 0.15) is 13.3 Å². The molecule has 17 heavy (non-hydrogen) atoms. The molecule has 0 spiro atoms. The summed E-state index contributed by atoms with van der Waals surface area (Å²) in [5.74, 6) is -0.113. The van der Waals surface area contributed by atoms with Crippen molar-refractivity contribution in [1.29, 1.82) is 0 Å². The van der Waals surface area contributed by atoms with Gasteiger partial charge in [-0.3, -0.25) is 9.69 Å². The van der Waals surface area contributed by atoms with E-state index < -0.39 is 24.5 Å². The van der Waals surface area contributed by atoms with Crippen molar-refractivity contribution in [3.63, 3.8) is 0 Å². The number of carbonyl (C=O) groups excluding carboxylic acids is 2. The van der Waals surface area contributed by atoms with Crippen LogP contribution < -0.4 is 5.32 Å². The summed E-state index contributed by atoms with van der Waals surface area (Å²) in [6, 6.07) is -0.891. The Morgan fingerprint density at radius 1 is 1.65 bits per heavy atom. The van der Waals surface area contributed by atoms with Gasteiger partial charge in [-0.15, -0.1) is 0 Å². The summed E-state index contributed by atoms with van der Waals surface area (Å²) in [7, 11) is 0. The molecule has 2 amide bonds. The van der Waals surface area contributed by atoms with E-state index in [2.05, 4.69) is 5.32 Å². The molecule has 1 unspecified atom stereocenters. The number of aliphatic hydroxyl groups excluding tert-OH is 2. The first kappa shape index (κ1) is 12.3. The van der Waals surface area contributed by atoms with Gasteiger partial charge < -0.3 is 20.3 Å². The molecule has 0 bridgehead atoms. The number of aliphatic hydroxyl groups is 2. The van der Waals surface area contributed by atoms with E-state index in [1.807, 2.05) is 0 Å². The predicted molar refractivity (Wildman–Crippen MR) is 56.1 cm³/mol. The first-order chi connectivity index (χ1) is 8.02. The lowest BCUT2D eigenvalue weighted by Crippen LogP contribution is -2.38. The van der Waals surface area contributed by atoms with Crippen LogP contribution in [0.4, 0.5) is 4.79 Å². The van der Waals surface area contributed by atoms with Gasteiger partial charge in [0, 0.05) is 6.42 Å². The normalized spacial score (nSPS) is 37.4. The van der Waals surface area contributed by atoms with Gasteiger partial charge in [-0.25, -0.2) is 4.79 Å². The van der Waals surface area contributed by atoms with Gasteiger partial charge in [-0.05, 0) is 6.92 Å². The Morgan fingerprint density at radius 2 is 2.35 bits per heavy atom. The number of ether oxygens (including phenoxy) is 1. The second-order valence-corrected chi connectivity index (χ2v) is 4.38. The second-order valence-electron chi connectivity index (χ2n) is 4.38. The number of urea groups is 1. The quantitative estimate of drug-likeness (QED) is 0.557. The van der Waals surface area contributed by atoms with E-state index >= 15 is 0 Å². The van der Waals surface area contributed by atoms with Crippen molar-refractivity contribution in [2.45, 2.75) is 37.8 Å². The van der Waals surface area contributed by atoms with Crippen molar-refractivity contribution in [3.8, 4) is 0 Å². The molecule has 0 aliphatic carbocycles. The predicted octanol–water partition coefficient (Wildman–Crippen LogP) is -1.56. The Labute approximate surface area is 98.3 Å². The van der Waals surface area contributed by atoms with Crippen molar-refractivity contribution in [2.24, 2.45) is 0 Å². The third-order valence-corrected chi connectivity index (χ3v) is 3.16. The van der Waals surface area contributed by atoms with Gasteiger partial charge in [0.05, 0.1) is 19.3 Å². The maximum absolute atomic E-state index is 11.6. The number of nitrogens with zero attached hydrogens (tertiary/aromatic N) is 1. The molecule has 0 aromatic heterocycles. The molecule has 7 nitrogen and oxygen atoms in total.